The van der Waals surface area contributed by atoms with Gasteiger partial charge in [-0.05, 0) is 48.9 Å². The predicted octanol–water partition coefficient (Wildman–Crippen LogP) is 2.51. The lowest BCUT2D eigenvalue weighted by atomic mass is 9.98. The van der Waals surface area contributed by atoms with Gasteiger partial charge in [-0.2, -0.15) is 4.31 Å². The first-order valence-electron chi connectivity index (χ1n) is 7.56. The third-order valence-corrected chi connectivity index (χ3v) is 6.34. The molecule has 22 heavy (non-hydrogen) atoms. The van der Waals surface area contributed by atoms with Crippen molar-refractivity contribution in [2.24, 2.45) is 5.92 Å². The number of sulfonamides is 1. The van der Waals surface area contributed by atoms with Gasteiger partial charge in [0.15, 0.2) is 0 Å². The van der Waals surface area contributed by atoms with E-state index in [4.69, 9.17) is 5.11 Å². The highest BCUT2D eigenvalue weighted by Gasteiger charge is 2.31. The average molecular weight is 325 g/mol. The van der Waals surface area contributed by atoms with E-state index in [1.807, 2.05) is 13.8 Å². The van der Waals surface area contributed by atoms with E-state index in [0.29, 0.717) is 31.8 Å². The van der Waals surface area contributed by atoms with Crippen molar-refractivity contribution in [1.29, 1.82) is 0 Å². The first-order valence-corrected chi connectivity index (χ1v) is 9.06. The van der Waals surface area contributed by atoms with Crippen molar-refractivity contribution in [3.05, 3.63) is 34.9 Å². The Hall–Kier alpha value is -1.40. The summed E-state index contributed by atoms with van der Waals surface area (Å²) in [6.45, 7) is 6.55. The minimum absolute atomic E-state index is 0.253. The Balaban J connectivity index is 2.20. The van der Waals surface area contributed by atoms with Crippen molar-refractivity contribution in [3.8, 4) is 0 Å². The number of hydrogen-bond donors (Lipinski definition) is 1. The Morgan fingerprint density at radius 1 is 1.27 bits per heavy atom. The molecule has 0 amide bonds. The highest BCUT2D eigenvalue weighted by Crippen LogP contribution is 2.25. The molecule has 1 aromatic rings. The van der Waals surface area contributed by atoms with Crippen LogP contribution in [0.25, 0.3) is 0 Å². The van der Waals surface area contributed by atoms with Crippen molar-refractivity contribution in [2.45, 2.75) is 45.4 Å². The molecule has 0 saturated heterocycles. The number of carboxylic acid groups (broad SMARTS) is 1. The van der Waals surface area contributed by atoms with Gasteiger partial charge in [-0.1, -0.05) is 19.9 Å². The Morgan fingerprint density at radius 3 is 2.55 bits per heavy atom. The molecule has 122 valence electrons. The van der Waals surface area contributed by atoms with E-state index < -0.39 is 21.2 Å². The monoisotopic (exact) mass is 325 g/mol. The molecule has 0 saturated carbocycles. The molecule has 0 radical (unpaired) electrons. The van der Waals surface area contributed by atoms with Gasteiger partial charge in [-0.15, -0.1) is 0 Å². The van der Waals surface area contributed by atoms with E-state index in [9.17, 15) is 13.2 Å². The third-order valence-electron chi connectivity index (χ3n) is 4.10. The molecule has 1 atom stereocenters. The molecule has 0 aliphatic carbocycles. The molecule has 0 bridgehead atoms. The van der Waals surface area contributed by atoms with Crippen LogP contribution in [-0.4, -0.2) is 35.6 Å². The van der Waals surface area contributed by atoms with Crippen LogP contribution in [0.5, 0.6) is 0 Å². The van der Waals surface area contributed by atoms with Crippen LogP contribution in [0.4, 0.5) is 0 Å². The quantitative estimate of drug-likeness (QED) is 0.902. The molecule has 5 nitrogen and oxygen atoms in total. The fourth-order valence-electron chi connectivity index (χ4n) is 2.92. The lowest BCUT2D eigenvalue weighted by Gasteiger charge is -2.31. The lowest BCUT2D eigenvalue weighted by Crippen LogP contribution is -2.41. The highest BCUT2D eigenvalue weighted by atomic mass is 32.2. The van der Waals surface area contributed by atoms with Crippen molar-refractivity contribution in [1.82, 2.24) is 4.31 Å². The molecule has 1 aliphatic rings. The van der Waals surface area contributed by atoms with E-state index in [0.717, 1.165) is 11.1 Å². The molecule has 1 aliphatic heterocycles. The number of carboxylic acids is 1. The molecule has 6 heteroatoms. The van der Waals surface area contributed by atoms with Crippen molar-refractivity contribution in [3.63, 3.8) is 0 Å². The van der Waals surface area contributed by atoms with Gasteiger partial charge in [0, 0.05) is 13.1 Å². The third kappa shape index (κ3) is 3.50. The van der Waals surface area contributed by atoms with Crippen molar-refractivity contribution >= 4 is 16.0 Å². The van der Waals surface area contributed by atoms with Crippen molar-refractivity contribution < 1.29 is 18.3 Å². The lowest BCUT2D eigenvalue weighted by molar-refractivity contribution is 0.0696. The van der Waals surface area contributed by atoms with Gasteiger partial charge < -0.3 is 5.11 Å². The van der Waals surface area contributed by atoms with Crippen LogP contribution < -0.4 is 0 Å². The molecule has 1 heterocycles. The summed E-state index contributed by atoms with van der Waals surface area (Å²) < 4.78 is 26.8. The summed E-state index contributed by atoms with van der Waals surface area (Å²) in [6.07, 6.45) is 1.20. The Bertz CT molecular complexity index is 667. The molecule has 0 spiro atoms. The van der Waals surface area contributed by atoms with Crippen LogP contribution in [0.1, 0.15) is 48.7 Å². The second kappa shape index (κ2) is 6.38. The van der Waals surface area contributed by atoms with Crippen LogP contribution in [0.2, 0.25) is 0 Å². The summed E-state index contributed by atoms with van der Waals surface area (Å²) in [5.74, 6) is -0.622. The normalized spacial score (nSPS) is 17.3. The highest BCUT2D eigenvalue weighted by molar-refractivity contribution is 7.89. The molecule has 1 unspecified atom stereocenters. The summed E-state index contributed by atoms with van der Waals surface area (Å²) in [4.78, 5) is 11.0. The van der Waals surface area contributed by atoms with Crippen LogP contribution in [0.3, 0.4) is 0 Å². The van der Waals surface area contributed by atoms with Crippen LogP contribution >= 0.6 is 0 Å². The minimum atomic E-state index is -3.31. The Morgan fingerprint density at radius 2 is 1.95 bits per heavy atom. The molecule has 2 rings (SSSR count). The summed E-state index contributed by atoms with van der Waals surface area (Å²) in [5.41, 5.74) is 2.09. The van der Waals surface area contributed by atoms with E-state index in [-0.39, 0.29) is 5.56 Å². The van der Waals surface area contributed by atoms with Gasteiger partial charge in [0.05, 0.1) is 10.8 Å². The maximum absolute atomic E-state index is 12.6. The van der Waals surface area contributed by atoms with Gasteiger partial charge in [-0.25, -0.2) is 13.2 Å². The maximum atomic E-state index is 12.6. The summed E-state index contributed by atoms with van der Waals surface area (Å²) in [5, 5.41) is 8.62. The van der Waals surface area contributed by atoms with Gasteiger partial charge in [-0.3, -0.25) is 0 Å². The fourth-order valence-corrected chi connectivity index (χ4v) is 4.72. The zero-order valence-electron chi connectivity index (χ0n) is 13.2. The number of aromatic carboxylic acids is 1. The zero-order valence-corrected chi connectivity index (χ0v) is 14.1. The number of carbonyl (C=O) groups is 1. The number of hydrogen-bond acceptors (Lipinski definition) is 3. The fraction of sp³-hybridized carbons (Fsp3) is 0.562. The van der Waals surface area contributed by atoms with Crippen molar-refractivity contribution in [2.75, 3.05) is 6.54 Å². The van der Waals surface area contributed by atoms with Gasteiger partial charge in [0.25, 0.3) is 0 Å². The van der Waals surface area contributed by atoms with Gasteiger partial charge in [0.2, 0.25) is 10.0 Å². The standard InChI is InChI=1S/C16H23NO4S/c1-11(2)8-12(3)22(20,21)17-7-6-13-9-14(16(18)19)4-5-15(13)10-17/h4-5,9,11-12H,6-8,10H2,1-3H3,(H,18,19). The first-order chi connectivity index (χ1) is 10.2. The Labute approximate surface area is 132 Å². The molecule has 0 aromatic heterocycles. The second-order valence-corrected chi connectivity index (χ2v) is 8.71. The van der Waals surface area contributed by atoms with Gasteiger partial charge in [0.1, 0.15) is 0 Å². The molecule has 1 aromatic carbocycles. The topological polar surface area (TPSA) is 74.7 Å². The van der Waals surface area contributed by atoms with E-state index in [1.165, 1.54) is 10.4 Å². The molecular formula is C16H23NO4S. The SMILES string of the molecule is CC(C)CC(C)S(=O)(=O)N1CCc2cc(C(=O)O)ccc2C1. The second-order valence-electron chi connectivity index (χ2n) is 6.36. The molecule has 1 N–H and O–H groups in total. The average Bonchev–Trinajstić information content (AvgIpc) is 2.45. The number of nitrogens with zero attached hydrogens (tertiary/aromatic N) is 1. The van der Waals surface area contributed by atoms with E-state index >= 15 is 0 Å². The zero-order chi connectivity index (χ0) is 16.5. The number of rotatable bonds is 5. The summed E-state index contributed by atoms with van der Waals surface area (Å²) in [7, 11) is -3.31. The predicted molar refractivity (Wildman–Crippen MR) is 85.4 cm³/mol. The van der Waals surface area contributed by atoms with Crippen LogP contribution in [0, 0.1) is 5.92 Å². The minimum Gasteiger partial charge on any atom is -0.478 e. The Kier molecular flexibility index (Phi) is 4.92. The first kappa shape index (κ1) is 17.0. The van der Waals surface area contributed by atoms with Crippen LogP contribution in [0.15, 0.2) is 18.2 Å². The van der Waals surface area contributed by atoms with E-state index in [2.05, 4.69) is 0 Å². The largest absolute Gasteiger partial charge is 0.478 e. The van der Waals surface area contributed by atoms with Gasteiger partial charge >= 0.3 is 5.97 Å². The maximum Gasteiger partial charge on any atom is 0.335 e. The molecule has 0 fully saturated rings. The summed E-state index contributed by atoms with van der Waals surface area (Å²) in [6, 6.07) is 4.92. The summed E-state index contributed by atoms with van der Waals surface area (Å²) >= 11 is 0. The number of fused-ring (bicyclic) bond motifs is 1. The smallest absolute Gasteiger partial charge is 0.335 e. The molecular weight excluding hydrogens is 302 g/mol. The number of benzene rings is 1. The van der Waals surface area contributed by atoms with Crippen LogP contribution in [-0.2, 0) is 23.0 Å². The van der Waals surface area contributed by atoms with E-state index in [1.54, 1.807) is 19.1 Å².